The zero-order chi connectivity index (χ0) is 23.4. The highest BCUT2D eigenvalue weighted by Gasteiger charge is 2.28. The molecule has 1 aliphatic heterocycles. The van der Waals surface area contributed by atoms with Crippen molar-refractivity contribution in [3.63, 3.8) is 0 Å². The Kier molecular flexibility index (Phi) is 7.05. The van der Waals surface area contributed by atoms with Gasteiger partial charge in [-0.2, -0.15) is 4.37 Å². The van der Waals surface area contributed by atoms with Crippen LogP contribution in [0.1, 0.15) is 17.9 Å². The first kappa shape index (κ1) is 23.3. The molecule has 1 fully saturated rings. The lowest BCUT2D eigenvalue weighted by Crippen LogP contribution is -2.38. The molecule has 12 heteroatoms. The van der Waals surface area contributed by atoms with Crippen molar-refractivity contribution in [3.8, 4) is 11.5 Å². The number of piperidine rings is 1. The molecular formula is C21H22F2N4O4S2. The Bertz CT molecular complexity index is 1190. The first-order valence-electron chi connectivity index (χ1n) is 10.1. The fourth-order valence-corrected chi connectivity index (χ4v) is 5.53. The van der Waals surface area contributed by atoms with Gasteiger partial charge >= 0.3 is 0 Å². The lowest BCUT2D eigenvalue weighted by Gasteiger charge is -2.32. The maximum Gasteiger partial charge on any atom is 0.266 e. The molecule has 2 N–H and O–H groups in total. The quantitative estimate of drug-likeness (QED) is 0.493. The summed E-state index contributed by atoms with van der Waals surface area (Å²) in [7, 11) is -2.77. The lowest BCUT2D eigenvalue weighted by molar-refractivity contribution is 0.190. The predicted molar refractivity (Wildman–Crippen MR) is 119 cm³/mol. The molecule has 3 aromatic rings. The zero-order valence-electron chi connectivity index (χ0n) is 17.6. The van der Waals surface area contributed by atoms with Crippen molar-refractivity contribution >= 4 is 26.7 Å². The van der Waals surface area contributed by atoms with E-state index in [0.717, 1.165) is 48.2 Å². The summed E-state index contributed by atoms with van der Waals surface area (Å²) in [6.07, 6.45) is 2.02. The van der Waals surface area contributed by atoms with Gasteiger partial charge in [0, 0.05) is 36.1 Å². The van der Waals surface area contributed by atoms with Crippen LogP contribution in [0.2, 0.25) is 0 Å². The van der Waals surface area contributed by atoms with Gasteiger partial charge in [-0.25, -0.2) is 22.2 Å². The number of hydrogen-bond donors (Lipinski definition) is 2. The highest BCUT2D eigenvalue weighted by molar-refractivity contribution is 7.93. The van der Waals surface area contributed by atoms with E-state index in [1.165, 1.54) is 0 Å². The van der Waals surface area contributed by atoms with Crippen LogP contribution in [0, 0.1) is 17.6 Å². The number of rotatable bonds is 8. The third kappa shape index (κ3) is 5.40. The Morgan fingerprint density at radius 1 is 1.21 bits per heavy atom. The average molecular weight is 497 g/mol. The van der Waals surface area contributed by atoms with E-state index in [2.05, 4.69) is 19.4 Å². The number of aromatic nitrogens is 2. The third-order valence-corrected chi connectivity index (χ3v) is 7.53. The molecule has 33 heavy (non-hydrogen) atoms. The molecule has 2 heterocycles. The van der Waals surface area contributed by atoms with Gasteiger partial charge in [0.25, 0.3) is 10.0 Å². The minimum absolute atomic E-state index is 0.0112. The van der Waals surface area contributed by atoms with E-state index >= 15 is 0 Å². The largest absolute Gasteiger partial charge is 0.497 e. The van der Waals surface area contributed by atoms with Gasteiger partial charge in [0.15, 0.2) is 11.6 Å². The molecule has 0 saturated carbocycles. The first-order valence-corrected chi connectivity index (χ1v) is 12.4. The maximum absolute atomic E-state index is 14.7. The summed E-state index contributed by atoms with van der Waals surface area (Å²) in [5.41, 5.74) is 1.11. The van der Waals surface area contributed by atoms with Gasteiger partial charge in [-0.1, -0.05) is 12.1 Å². The van der Waals surface area contributed by atoms with Crippen LogP contribution in [0.5, 0.6) is 11.5 Å². The molecule has 1 aliphatic rings. The highest BCUT2D eigenvalue weighted by Crippen LogP contribution is 2.33. The van der Waals surface area contributed by atoms with Crippen LogP contribution in [-0.2, 0) is 10.0 Å². The summed E-state index contributed by atoms with van der Waals surface area (Å²) in [5, 5.41) is 3.25. The lowest BCUT2D eigenvalue weighted by atomic mass is 9.81. The van der Waals surface area contributed by atoms with Crippen molar-refractivity contribution in [2.75, 3.05) is 31.5 Å². The van der Waals surface area contributed by atoms with E-state index < -0.39 is 26.6 Å². The van der Waals surface area contributed by atoms with Gasteiger partial charge in [-0.15, -0.1) is 0 Å². The summed E-state index contributed by atoms with van der Waals surface area (Å²) in [6.45, 7) is 1.62. The minimum atomic E-state index is -4.37. The van der Waals surface area contributed by atoms with Gasteiger partial charge in [0.1, 0.15) is 22.8 Å². The molecule has 2 unspecified atom stereocenters. The van der Waals surface area contributed by atoms with Crippen molar-refractivity contribution < 1.29 is 26.7 Å². The van der Waals surface area contributed by atoms with Crippen LogP contribution < -0.4 is 19.5 Å². The van der Waals surface area contributed by atoms with Crippen LogP contribution in [0.3, 0.4) is 0 Å². The molecule has 0 aliphatic carbocycles. The number of nitrogens with one attached hydrogen (secondary N) is 2. The molecule has 8 nitrogen and oxygen atoms in total. The first-order chi connectivity index (χ1) is 15.9. The molecule has 1 saturated heterocycles. The van der Waals surface area contributed by atoms with Crippen LogP contribution in [0.4, 0.5) is 13.9 Å². The maximum atomic E-state index is 14.7. The molecule has 2 aromatic carbocycles. The monoisotopic (exact) mass is 496 g/mol. The van der Waals surface area contributed by atoms with Gasteiger partial charge in [-0.3, -0.25) is 4.72 Å². The van der Waals surface area contributed by atoms with Crippen molar-refractivity contribution in [2.45, 2.75) is 17.2 Å². The molecular weight excluding hydrogens is 474 g/mol. The van der Waals surface area contributed by atoms with Crippen LogP contribution >= 0.6 is 11.5 Å². The standard InChI is InChI=1S/C21H22F2N4O4S2/c1-30-15-4-2-13(3-5-15)16-6-7-24-10-14(16)11-31-19-8-18(23)20(9-17(19)22)33(28,29)27-21-25-12-26-32-21/h2-5,8-9,12,14,16,24H,6-7,10-11H2,1H3,(H,25,26,27). The number of benzene rings is 2. The van der Waals surface area contributed by atoms with Gasteiger partial charge in [0.2, 0.25) is 5.13 Å². The Labute approximate surface area is 194 Å². The van der Waals surface area contributed by atoms with Crippen molar-refractivity contribution in [2.24, 2.45) is 5.92 Å². The van der Waals surface area contributed by atoms with E-state index in [-0.39, 0.29) is 29.3 Å². The summed E-state index contributed by atoms with van der Waals surface area (Å²) < 4.78 is 70.6. The van der Waals surface area contributed by atoms with Crippen LogP contribution in [0.25, 0.3) is 0 Å². The second-order valence-electron chi connectivity index (χ2n) is 7.51. The molecule has 4 rings (SSSR count). The normalized spacial score (nSPS) is 18.6. The smallest absolute Gasteiger partial charge is 0.266 e. The molecule has 1 aromatic heterocycles. The number of hydrogen-bond acceptors (Lipinski definition) is 8. The SMILES string of the molecule is COc1ccc(C2CCNCC2COc2cc(F)c(S(=O)(=O)Nc3ncns3)cc2F)cc1. The topological polar surface area (TPSA) is 102 Å². The van der Waals surface area contributed by atoms with E-state index in [9.17, 15) is 17.2 Å². The summed E-state index contributed by atoms with van der Waals surface area (Å²) in [5.74, 6) is -1.51. The summed E-state index contributed by atoms with van der Waals surface area (Å²) in [6, 6.07) is 9.12. The molecule has 0 spiro atoms. The fourth-order valence-electron chi connectivity index (χ4n) is 3.80. The number of ether oxygens (including phenoxy) is 2. The molecule has 2 atom stereocenters. The van der Waals surface area contributed by atoms with E-state index in [1.54, 1.807) is 7.11 Å². The third-order valence-electron chi connectivity index (χ3n) is 5.46. The summed E-state index contributed by atoms with van der Waals surface area (Å²) in [4.78, 5) is 2.85. The minimum Gasteiger partial charge on any atom is -0.497 e. The Morgan fingerprint density at radius 3 is 2.70 bits per heavy atom. The second kappa shape index (κ2) is 9.98. The van der Waals surface area contributed by atoms with Crippen molar-refractivity contribution in [3.05, 3.63) is 59.9 Å². The number of anilines is 1. The Morgan fingerprint density at radius 2 is 2.00 bits per heavy atom. The molecule has 0 bridgehead atoms. The number of nitrogens with zero attached hydrogens (tertiary/aromatic N) is 2. The van der Waals surface area contributed by atoms with Crippen molar-refractivity contribution in [1.29, 1.82) is 0 Å². The predicted octanol–water partition coefficient (Wildman–Crippen LogP) is 3.40. The number of sulfonamides is 1. The average Bonchev–Trinajstić information content (AvgIpc) is 3.32. The van der Waals surface area contributed by atoms with Gasteiger partial charge < -0.3 is 14.8 Å². The number of methoxy groups -OCH3 is 1. The van der Waals surface area contributed by atoms with E-state index in [0.29, 0.717) is 12.6 Å². The zero-order valence-corrected chi connectivity index (χ0v) is 19.3. The fraction of sp³-hybridized carbons (Fsp3) is 0.333. The van der Waals surface area contributed by atoms with Gasteiger partial charge in [-0.05, 0) is 36.6 Å². The van der Waals surface area contributed by atoms with Gasteiger partial charge in [0.05, 0.1) is 13.7 Å². The van der Waals surface area contributed by atoms with Crippen LogP contribution in [0.15, 0.2) is 47.6 Å². The Hall–Kier alpha value is -2.83. The Balaban J connectivity index is 1.48. The molecule has 176 valence electrons. The number of halogens is 2. The molecule has 0 amide bonds. The highest BCUT2D eigenvalue weighted by atomic mass is 32.2. The summed E-state index contributed by atoms with van der Waals surface area (Å²) >= 11 is 0.777. The second-order valence-corrected chi connectivity index (χ2v) is 9.94. The van der Waals surface area contributed by atoms with Crippen LogP contribution in [-0.4, -0.2) is 44.6 Å². The van der Waals surface area contributed by atoms with Crippen molar-refractivity contribution in [1.82, 2.24) is 14.7 Å². The van der Waals surface area contributed by atoms with E-state index in [1.807, 2.05) is 24.3 Å². The van der Waals surface area contributed by atoms with E-state index in [4.69, 9.17) is 9.47 Å². The molecule has 0 radical (unpaired) electrons.